The fourth-order valence-corrected chi connectivity index (χ4v) is 3.75. The molecule has 1 aliphatic carbocycles. The number of benzene rings is 1. The Balaban J connectivity index is 1.80. The van der Waals surface area contributed by atoms with E-state index < -0.39 is 0 Å². The Morgan fingerprint density at radius 1 is 1.35 bits per heavy atom. The van der Waals surface area contributed by atoms with Crippen LogP contribution in [0.2, 0.25) is 0 Å². The van der Waals surface area contributed by atoms with Crippen molar-refractivity contribution in [3.05, 3.63) is 52.3 Å². The molecule has 0 saturated heterocycles. The molecule has 2 aromatic rings. The Bertz CT molecular complexity index is 732. The van der Waals surface area contributed by atoms with Crippen molar-refractivity contribution < 1.29 is 4.79 Å². The van der Waals surface area contributed by atoms with E-state index in [-0.39, 0.29) is 17.9 Å². The van der Waals surface area contributed by atoms with Gasteiger partial charge >= 0.3 is 0 Å². The second kappa shape index (κ2) is 6.19. The molecule has 1 aliphatic rings. The molecular weight excluding hydrogens is 286 g/mol. The molecule has 4 heteroatoms. The van der Waals surface area contributed by atoms with Gasteiger partial charge in [0, 0.05) is 18.3 Å². The van der Waals surface area contributed by atoms with Crippen LogP contribution in [0, 0.1) is 13.8 Å². The number of hydrogen-bond donors (Lipinski definition) is 1. The van der Waals surface area contributed by atoms with Crippen molar-refractivity contribution in [3.63, 3.8) is 0 Å². The molecule has 1 heterocycles. The highest BCUT2D eigenvalue weighted by Gasteiger charge is 2.27. The molecule has 122 valence electrons. The van der Waals surface area contributed by atoms with Crippen molar-refractivity contribution in [1.82, 2.24) is 15.1 Å². The standard InChI is InChI=1S/C19H25N3O/c1-12(18-13(2)21-22(4)14(18)3)19(23)20-17-11-7-9-15-8-5-6-10-16(15)17/h5-6,8,10,12,17H,7,9,11H2,1-4H3,(H,20,23)/t12-,17-/m1/s1. The van der Waals surface area contributed by atoms with Crippen LogP contribution in [0.4, 0.5) is 0 Å². The molecule has 1 amide bonds. The Kier molecular flexibility index (Phi) is 4.24. The zero-order chi connectivity index (χ0) is 16.6. The maximum Gasteiger partial charge on any atom is 0.227 e. The van der Waals surface area contributed by atoms with Gasteiger partial charge in [0.1, 0.15) is 0 Å². The maximum absolute atomic E-state index is 12.8. The summed E-state index contributed by atoms with van der Waals surface area (Å²) in [5.41, 5.74) is 5.70. The average molecular weight is 311 g/mol. The molecule has 2 atom stereocenters. The highest BCUT2D eigenvalue weighted by molar-refractivity contribution is 5.84. The Morgan fingerprint density at radius 2 is 2.09 bits per heavy atom. The third-order valence-corrected chi connectivity index (χ3v) is 5.08. The smallest absolute Gasteiger partial charge is 0.227 e. The van der Waals surface area contributed by atoms with Crippen molar-refractivity contribution in [2.24, 2.45) is 7.05 Å². The van der Waals surface area contributed by atoms with Crippen molar-refractivity contribution in [2.75, 3.05) is 0 Å². The predicted octanol–water partition coefficient (Wildman–Crippen LogP) is 3.33. The topological polar surface area (TPSA) is 46.9 Å². The van der Waals surface area contributed by atoms with Gasteiger partial charge in [0.25, 0.3) is 0 Å². The molecule has 0 fully saturated rings. The van der Waals surface area contributed by atoms with Gasteiger partial charge in [-0.05, 0) is 51.2 Å². The third-order valence-electron chi connectivity index (χ3n) is 5.08. The van der Waals surface area contributed by atoms with E-state index in [2.05, 4.69) is 34.7 Å². The fourth-order valence-electron chi connectivity index (χ4n) is 3.75. The molecular formula is C19H25N3O. The first-order valence-corrected chi connectivity index (χ1v) is 8.37. The van der Waals surface area contributed by atoms with Crippen molar-refractivity contribution in [1.29, 1.82) is 0 Å². The lowest BCUT2D eigenvalue weighted by Crippen LogP contribution is -2.34. The first kappa shape index (κ1) is 15.8. The molecule has 0 saturated carbocycles. The van der Waals surface area contributed by atoms with Gasteiger partial charge in [0.2, 0.25) is 5.91 Å². The van der Waals surface area contributed by atoms with E-state index in [4.69, 9.17) is 0 Å². The number of rotatable bonds is 3. The number of carbonyl (C=O) groups excluding carboxylic acids is 1. The van der Waals surface area contributed by atoms with Crippen LogP contribution in [0.3, 0.4) is 0 Å². The molecule has 0 radical (unpaired) electrons. The van der Waals surface area contributed by atoms with Crippen LogP contribution in [0.1, 0.15) is 59.8 Å². The highest BCUT2D eigenvalue weighted by atomic mass is 16.1. The van der Waals surface area contributed by atoms with E-state index in [1.54, 1.807) is 0 Å². The van der Waals surface area contributed by atoms with Crippen LogP contribution in [0.5, 0.6) is 0 Å². The summed E-state index contributed by atoms with van der Waals surface area (Å²) in [6.45, 7) is 5.97. The average Bonchev–Trinajstić information content (AvgIpc) is 2.79. The molecule has 1 N–H and O–H groups in total. The van der Waals surface area contributed by atoms with Gasteiger partial charge < -0.3 is 5.32 Å². The summed E-state index contributed by atoms with van der Waals surface area (Å²) in [7, 11) is 1.92. The number of nitrogens with zero attached hydrogens (tertiary/aromatic N) is 2. The lowest BCUT2D eigenvalue weighted by Gasteiger charge is -2.27. The van der Waals surface area contributed by atoms with Gasteiger partial charge in [-0.2, -0.15) is 5.10 Å². The van der Waals surface area contributed by atoms with Gasteiger partial charge in [-0.15, -0.1) is 0 Å². The van der Waals surface area contributed by atoms with Crippen LogP contribution in [0.25, 0.3) is 0 Å². The summed E-state index contributed by atoms with van der Waals surface area (Å²) in [6.07, 6.45) is 3.25. The second-order valence-corrected chi connectivity index (χ2v) is 6.58. The molecule has 4 nitrogen and oxygen atoms in total. The summed E-state index contributed by atoms with van der Waals surface area (Å²) in [5, 5.41) is 7.69. The van der Waals surface area contributed by atoms with Crippen molar-refractivity contribution >= 4 is 5.91 Å². The Hall–Kier alpha value is -2.10. The molecule has 3 rings (SSSR count). The van der Waals surface area contributed by atoms with E-state index in [1.807, 2.05) is 32.5 Å². The van der Waals surface area contributed by atoms with E-state index in [0.29, 0.717) is 0 Å². The van der Waals surface area contributed by atoms with E-state index in [0.717, 1.165) is 36.2 Å². The normalized spacial score (nSPS) is 18.3. The number of aryl methyl sites for hydroxylation is 3. The summed E-state index contributed by atoms with van der Waals surface area (Å²) >= 11 is 0. The largest absolute Gasteiger partial charge is 0.349 e. The summed E-state index contributed by atoms with van der Waals surface area (Å²) in [5.74, 6) is -0.0938. The van der Waals surface area contributed by atoms with E-state index >= 15 is 0 Å². The third kappa shape index (κ3) is 2.90. The molecule has 0 bridgehead atoms. The Morgan fingerprint density at radius 3 is 2.78 bits per heavy atom. The number of amides is 1. The van der Waals surface area contributed by atoms with Gasteiger partial charge in [-0.1, -0.05) is 24.3 Å². The van der Waals surface area contributed by atoms with Crippen molar-refractivity contribution in [2.45, 2.75) is 52.0 Å². The van der Waals surface area contributed by atoms with E-state index in [9.17, 15) is 4.79 Å². The minimum absolute atomic E-state index is 0.0888. The van der Waals surface area contributed by atoms with Gasteiger partial charge in [0.05, 0.1) is 17.7 Å². The molecule has 0 unspecified atom stereocenters. The minimum Gasteiger partial charge on any atom is -0.349 e. The Labute approximate surface area is 137 Å². The van der Waals surface area contributed by atoms with Crippen LogP contribution >= 0.6 is 0 Å². The fraction of sp³-hybridized carbons (Fsp3) is 0.474. The monoisotopic (exact) mass is 311 g/mol. The molecule has 23 heavy (non-hydrogen) atoms. The number of hydrogen-bond acceptors (Lipinski definition) is 2. The lowest BCUT2D eigenvalue weighted by molar-refractivity contribution is -0.123. The highest BCUT2D eigenvalue weighted by Crippen LogP contribution is 2.31. The maximum atomic E-state index is 12.8. The van der Waals surface area contributed by atoms with Gasteiger partial charge in [-0.3, -0.25) is 9.48 Å². The van der Waals surface area contributed by atoms with Crippen LogP contribution in [-0.2, 0) is 18.3 Å². The van der Waals surface area contributed by atoms with Crippen LogP contribution in [-0.4, -0.2) is 15.7 Å². The van der Waals surface area contributed by atoms with Gasteiger partial charge in [-0.25, -0.2) is 0 Å². The zero-order valence-electron chi connectivity index (χ0n) is 14.4. The summed E-state index contributed by atoms with van der Waals surface area (Å²) in [6, 6.07) is 8.58. The number of fused-ring (bicyclic) bond motifs is 1. The zero-order valence-corrected chi connectivity index (χ0v) is 14.4. The first-order chi connectivity index (χ1) is 11.0. The van der Waals surface area contributed by atoms with Crippen LogP contribution in [0.15, 0.2) is 24.3 Å². The van der Waals surface area contributed by atoms with Gasteiger partial charge in [0.15, 0.2) is 0 Å². The second-order valence-electron chi connectivity index (χ2n) is 6.58. The quantitative estimate of drug-likeness (QED) is 0.945. The lowest BCUT2D eigenvalue weighted by atomic mass is 9.87. The van der Waals surface area contributed by atoms with Crippen LogP contribution < -0.4 is 5.32 Å². The first-order valence-electron chi connectivity index (χ1n) is 8.37. The molecule has 0 aliphatic heterocycles. The molecule has 1 aromatic carbocycles. The number of carbonyl (C=O) groups is 1. The number of nitrogens with one attached hydrogen (secondary N) is 1. The summed E-state index contributed by atoms with van der Waals surface area (Å²) < 4.78 is 1.85. The SMILES string of the molecule is Cc1nn(C)c(C)c1[C@@H](C)C(=O)N[C@@H]1CCCc2ccccc21. The molecule has 0 spiro atoms. The predicted molar refractivity (Wildman–Crippen MR) is 91.4 cm³/mol. The summed E-state index contributed by atoms with van der Waals surface area (Å²) in [4.78, 5) is 12.8. The minimum atomic E-state index is -0.183. The van der Waals surface area contributed by atoms with Crippen molar-refractivity contribution in [3.8, 4) is 0 Å². The number of aromatic nitrogens is 2. The van der Waals surface area contributed by atoms with E-state index in [1.165, 1.54) is 11.1 Å². The molecule has 1 aromatic heterocycles.